The van der Waals surface area contributed by atoms with Crippen molar-refractivity contribution in [1.29, 1.82) is 0 Å². The lowest BCUT2D eigenvalue weighted by Gasteiger charge is -2.45. The third-order valence-corrected chi connectivity index (χ3v) is 5.35. The summed E-state index contributed by atoms with van der Waals surface area (Å²) in [6.07, 6.45) is 11.3. The molecule has 2 aliphatic carbocycles. The van der Waals surface area contributed by atoms with Gasteiger partial charge in [-0.15, -0.1) is 0 Å². The van der Waals surface area contributed by atoms with E-state index >= 15 is 0 Å². The van der Waals surface area contributed by atoms with Crippen LogP contribution < -0.4 is 0 Å². The van der Waals surface area contributed by atoms with Gasteiger partial charge in [-0.05, 0) is 44.1 Å². The first kappa shape index (κ1) is 11.7. The maximum atomic E-state index is 11.3. The molecule has 0 amide bonds. The van der Waals surface area contributed by atoms with Gasteiger partial charge < -0.3 is 4.90 Å². The number of carbonyl (C=O) groups is 1. The van der Waals surface area contributed by atoms with Gasteiger partial charge in [-0.25, -0.2) is 0 Å². The molecule has 0 spiro atoms. The number of carbonyl (C=O) groups excluding carboxylic acids is 1. The van der Waals surface area contributed by atoms with Gasteiger partial charge in [0.25, 0.3) is 0 Å². The van der Waals surface area contributed by atoms with Crippen LogP contribution >= 0.6 is 0 Å². The first-order valence-electron chi connectivity index (χ1n) is 7.58. The molecule has 2 heteroatoms. The van der Waals surface area contributed by atoms with Crippen LogP contribution in [0.5, 0.6) is 0 Å². The van der Waals surface area contributed by atoms with Crippen LogP contribution in [0, 0.1) is 11.8 Å². The number of ketones is 1. The molecular weight excluding hydrogens is 210 g/mol. The molecule has 3 fully saturated rings. The Kier molecular flexibility index (Phi) is 3.51. The second-order valence-corrected chi connectivity index (χ2v) is 6.36. The minimum atomic E-state index is 0.494. The van der Waals surface area contributed by atoms with Crippen molar-refractivity contribution in [3.05, 3.63) is 0 Å². The molecule has 0 radical (unpaired) electrons. The summed E-state index contributed by atoms with van der Waals surface area (Å²) in [6, 6.07) is 0.732. The molecule has 1 saturated heterocycles. The van der Waals surface area contributed by atoms with Crippen LogP contribution in [-0.2, 0) is 4.79 Å². The summed E-state index contributed by atoms with van der Waals surface area (Å²) < 4.78 is 0. The zero-order valence-electron chi connectivity index (χ0n) is 10.9. The van der Waals surface area contributed by atoms with Crippen molar-refractivity contribution < 1.29 is 4.79 Å². The Balaban J connectivity index is 1.56. The average molecular weight is 235 g/mol. The fourth-order valence-corrected chi connectivity index (χ4v) is 4.25. The van der Waals surface area contributed by atoms with Crippen molar-refractivity contribution >= 4 is 5.78 Å². The van der Waals surface area contributed by atoms with Gasteiger partial charge >= 0.3 is 0 Å². The summed E-state index contributed by atoms with van der Waals surface area (Å²) in [5.41, 5.74) is 0. The van der Waals surface area contributed by atoms with Crippen molar-refractivity contribution in [2.75, 3.05) is 13.1 Å². The molecule has 17 heavy (non-hydrogen) atoms. The number of Topliss-reactive ketones (excluding diaryl/α,β-unsaturated/α-hetero) is 1. The zero-order chi connectivity index (χ0) is 11.7. The molecule has 1 aliphatic heterocycles. The molecule has 2 nitrogen and oxygen atoms in total. The highest BCUT2D eigenvalue weighted by molar-refractivity contribution is 5.79. The van der Waals surface area contributed by atoms with Gasteiger partial charge in [0.2, 0.25) is 0 Å². The van der Waals surface area contributed by atoms with E-state index in [1.807, 2.05) is 0 Å². The summed E-state index contributed by atoms with van der Waals surface area (Å²) >= 11 is 0. The molecule has 0 bridgehead atoms. The summed E-state index contributed by atoms with van der Waals surface area (Å²) in [5.74, 6) is 2.51. The number of fused-ring (bicyclic) bond motifs is 1. The average Bonchev–Trinajstić information content (AvgIpc) is 2.39. The number of likely N-dealkylation sites (tertiary alicyclic amines) is 1. The summed E-state index contributed by atoms with van der Waals surface area (Å²) in [7, 11) is 0. The highest BCUT2D eigenvalue weighted by atomic mass is 16.1. The standard InChI is InChI=1S/C15H25NO/c17-15-7-5-14(6-8-15)16-10-9-12-3-1-2-4-13(12)11-16/h12-14H,1-11H2. The Morgan fingerprint density at radius 3 is 2.35 bits per heavy atom. The summed E-state index contributed by atoms with van der Waals surface area (Å²) in [4.78, 5) is 14.0. The minimum Gasteiger partial charge on any atom is -0.300 e. The van der Waals surface area contributed by atoms with Crippen LogP contribution in [0.25, 0.3) is 0 Å². The van der Waals surface area contributed by atoms with E-state index < -0.39 is 0 Å². The Hall–Kier alpha value is -0.370. The maximum absolute atomic E-state index is 11.3. The molecule has 96 valence electrons. The van der Waals surface area contributed by atoms with Gasteiger partial charge in [-0.2, -0.15) is 0 Å². The molecule has 0 aromatic carbocycles. The first-order valence-corrected chi connectivity index (χ1v) is 7.58. The van der Waals surface area contributed by atoms with Crippen LogP contribution in [0.3, 0.4) is 0 Å². The normalized spacial score (nSPS) is 36.8. The molecular formula is C15H25NO. The fourth-order valence-electron chi connectivity index (χ4n) is 4.25. The van der Waals surface area contributed by atoms with Gasteiger partial charge in [0.1, 0.15) is 5.78 Å². The predicted octanol–water partition coefficient (Wildman–Crippen LogP) is 3.01. The third kappa shape index (κ3) is 2.57. The lowest BCUT2D eigenvalue weighted by atomic mass is 9.74. The number of hydrogen-bond acceptors (Lipinski definition) is 2. The Bertz CT molecular complexity index is 279. The van der Waals surface area contributed by atoms with E-state index in [0.717, 1.165) is 43.6 Å². The van der Waals surface area contributed by atoms with Crippen molar-refractivity contribution in [1.82, 2.24) is 4.90 Å². The van der Waals surface area contributed by atoms with E-state index in [9.17, 15) is 4.79 Å². The van der Waals surface area contributed by atoms with Crippen molar-refractivity contribution in [3.8, 4) is 0 Å². The van der Waals surface area contributed by atoms with E-state index in [4.69, 9.17) is 0 Å². The molecule has 1 heterocycles. The van der Waals surface area contributed by atoms with Crippen LogP contribution in [-0.4, -0.2) is 29.8 Å². The topological polar surface area (TPSA) is 20.3 Å². The SMILES string of the molecule is O=C1CCC(N2CCC3CCCCC3C2)CC1. The number of nitrogens with zero attached hydrogens (tertiary/aromatic N) is 1. The number of piperidine rings is 1. The lowest BCUT2D eigenvalue weighted by Crippen LogP contribution is -2.47. The van der Waals surface area contributed by atoms with E-state index in [2.05, 4.69) is 4.90 Å². The fraction of sp³-hybridized carbons (Fsp3) is 0.933. The van der Waals surface area contributed by atoms with Gasteiger partial charge in [0.05, 0.1) is 0 Å². The van der Waals surface area contributed by atoms with Crippen LogP contribution in [0.4, 0.5) is 0 Å². The Morgan fingerprint density at radius 1 is 0.882 bits per heavy atom. The maximum Gasteiger partial charge on any atom is 0.133 e. The predicted molar refractivity (Wildman–Crippen MR) is 68.9 cm³/mol. The highest BCUT2D eigenvalue weighted by Crippen LogP contribution is 2.37. The van der Waals surface area contributed by atoms with Crippen LogP contribution in [0.2, 0.25) is 0 Å². The molecule has 0 N–H and O–H groups in total. The molecule has 0 aromatic heterocycles. The third-order valence-electron chi connectivity index (χ3n) is 5.35. The molecule has 2 unspecified atom stereocenters. The summed E-state index contributed by atoms with van der Waals surface area (Å²) in [5, 5.41) is 0. The van der Waals surface area contributed by atoms with E-state index in [-0.39, 0.29) is 0 Å². The van der Waals surface area contributed by atoms with E-state index in [1.165, 1.54) is 45.2 Å². The Morgan fingerprint density at radius 2 is 1.59 bits per heavy atom. The monoisotopic (exact) mass is 235 g/mol. The van der Waals surface area contributed by atoms with Gasteiger partial charge in [-0.1, -0.05) is 19.3 Å². The molecule has 2 atom stereocenters. The number of rotatable bonds is 1. The smallest absolute Gasteiger partial charge is 0.133 e. The van der Waals surface area contributed by atoms with Crippen LogP contribution in [0.15, 0.2) is 0 Å². The summed E-state index contributed by atoms with van der Waals surface area (Å²) in [6.45, 7) is 2.64. The molecule has 0 aromatic rings. The van der Waals surface area contributed by atoms with Gasteiger partial charge in [0, 0.05) is 25.4 Å². The van der Waals surface area contributed by atoms with Gasteiger partial charge in [0.15, 0.2) is 0 Å². The molecule has 2 saturated carbocycles. The van der Waals surface area contributed by atoms with Crippen molar-refractivity contribution in [2.24, 2.45) is 11.8 Å². The highest BCUT2D eigenvalue weighted by Gasteiger charge is 2.34. The van der Waals surface area contributed by atoms with Gasteiger partial charge in [-0.3, -0.25) is 4.79 Å². The van der Waals surface area contributed by atoms with E-state index in [0.29, 0.717) is 5.78 Å². The molecule has 3 rings (SSSR count). The Labute approximate surface area is 105 Å². The lowest BCUT2D eigenvalue weighted by molar-refractivity contribution is -0.121. The zero-order valence-corrected chi connectivity index (χ0v) is 10.9. The van der Waals surface area contributed by atoms with E-state index in [1.54, 1.807) is 0 Å². The molecule has 3 aliphatic rings. The first-order chi connectivity index (χ1) is 8.33. The second-order valence-electron chi connectivity index (χ2n) is 6.36. The second kappa shape index (κ2) is 5.09. The largest absolute Gasteiger partial charge is 0.300 e. The van der Waals surface area contributed by atoms with Crippen LogP contribution in [0.1, 0.15) is 57.8 Å². The van der Waals surface area contributed by atoms with Crippen molar-refractivity contribution in [3.63, 3.8) is 0 Å². The minimum absolute atomic E-state index is 0.494. The number of hydrogen-bond donors (Lipinski definition) is 0. The van der Waals surface area contributed by atoms with Crippen molar-refractivity contribution in [2.45, 2.75) is 63.8 Å². The quantitative estimate of drug-likeness (QED) is 0.696.